The Labute approximate surface area is 156 Å². The van der Waals surface area contributed by atoms with Gasteiger partial charge in [-0.25, -0.2) is 4.98 Å². The molecule has 142 valence electrons. The fourth-order valence-electron chi connectivity index (χ4n) is 3.00. The molecule has 0 saturated heterocycles. The smallest absolute Gasteiger partial charge is 0.269 e. The number of imidazole rings is 1. The SMILES string of the molecule is CCn1nc(C)cc1C(=O)NCCn1cnc2c(NC3CC3)nc(N)nc21. The predicted molar refractivity (Wildman–Crippen MR) is 101 cm³/mol. The summed E-state index contributed by atoms with van der Waals surface area (Å²) in [6.07, 6.45) is 3.96. The molecule has 0 spiro atoms. The summed E-state index contributed by atoms with van der Waals surface area (Å²) >= 11 is 0. The minimum absolute atomic E-state index is 0.146. The summed E-state index contributed by atoms with van der Waals surface area (Å²) in [6.45, 7) is 5.44. The number of rotatable bonds is 7. The van der Waals surface area contributed by atoms with E-state index in [0.29, 0.717) is 48.4 Å². The van der Waals surface area contributed by atoms with E-state index in [2.05, 4.69) is 30.7 Å². The molecule has 3 aromatic heterocycles. The van der Waals surface area contributed by atoms with Gasteiger partial charge in [-0.3, -0.25) is 9.48 Å². The summed E-state index contributed by atoms with van der Waals surface area (Å²) in [5.74, 6) is 0.732. The number of aryl methyl sites for hydroxylation is 2. The van der Waals surface area contributed by atoms with Crippen molar-refractivity contribution >= 4 is 28.8 Å². The van der Waals surface area contributed by atoms with Gasteiger partial charge in [-0.05, 0) is 32.8 Å². The van der Waals surface area contributed by atoms with Gasteiger partial charge in [-0.1, -0.05) is 0 Å². The topological polar surface area (TPSA) is 129 Å². The van der Waals surface area contributed by atoms with Crippen molar-refractivity contribution < 1.29 is 4.79 Å². The standard InChI is InChI=1S/C17H23N9O/c1-3-26-12(8-10(2)24-26)16(27)19-6-7-25-9-20-13-14(21-11-4-5-11)22-17(18)23-15(13)25/h8-9,11H,3-7H2,1-2H3,(H,19,27)(H3,18,21,22,23). The Morgan fingerprint density at radius 2 is 2.19 bits per heavy atom. The Bertz CT molecular complexity index is 986. The summed E-state index contributed by atoms with van der Waals surface area (Å²) in [6, 6.07) is 2.23. The third-order valence-corrected chi connectivity index (χ3v) is 4.47. The van der Waals surface area contributed by atoms with Gasteiger partial charge in [0.25, 0.3) is 5.91 Å². The molecular formula is C17H23N9O. The molecule has 1 amide bonds. The van der Waals surface area contributed by atoms with Gasteiger partial charge in [0.1, 0.15) is 5.69 Å². The second-order valence-electron chi connectivity index (χ2n) is 6.70. The first-order chi connectivity index (χ1) is 13.0. The van der Waals surface area contributed by atoms with Crippen molar-refractivity contribution in [1.82, 2.24) is 34.6 Å². The van der Waals surface area contributed by atoms with E-state index in [0.717, 1.165) is 18.5 Å². The van der Waals surface area contributed by atoms with Crippen LogP contribution < -0.4 is 16.4 Å². The number of anilines is 2. The highest BCUT2D eigenvalue weighted by Crippen LogP contribution is 2.27. The predicted octanol–water partition coefficient (Wildman–Crippen LogP) is 0.938. The average molecular weight is 369 g/mol. The van der Waals surface area contributed by atoms with Crippen LogP contribution in [0.3, 0.4) is 0 Å². The van der Waals surface area contributed by atoms with Crippen LogP contribution in [0, 0.1) is 6.92 Å². The van der Waals surface area contributed by atoms with Crippen LogP contribution in [0.1, 0.15) is 35.9 Å². The number of nitrogens with one attached hydrogen (secondary N) is 2. The summed E-state index contributed by atoms with van der Waals surface area (Å²) in [5.41, 5.74) is 8.60. The zero-order valence-electron chi connectivity index (χ0n) is 15.4. The average Bonchev–Trinajstić information content (AvgIpc) is 3.23. The van der Waals surface area contributed by atoms with Crippen molar-refractivity contribution in [2.24, 2.45) is 0 Å². The van der Waals surface area contributed by atoms with Crippen LogP contribution >= 0.6 is 0 Å². The minimum atomic E-state index is -0.146. The van der Waals surface area contributed by atoms with E-state index in [4.69, 9.17) is 5.73 Å². The first-order valence-corrected chi connectivity index (χ1v) is 9.12. The molecule has 0 bridgehead atoms. The molecule has 3 aromatic rings. The monoisotopic (exact) mass is 369 g/mol. The van der Waals surface area contributed by atoms with E-state index < -0.39 is 0 Å². The fourth-order valence-corrected chi connectivity index (χ4v) is 3.00. The van der Waals surface area contributed by atoms with Crippen LogP contribution in [0.5, 0.6) is 0 Å². The third kappa shape index (κ3) is 3.55. The van der Waals surface area contributed by atoms with Gasteiger partial charge in [0.05, 0.1) is 12.0 Å². The fraction of sp³-hybridized carbons (Fsp3) is 0.471. The zero-order valence-corrected chi connectivity index (χ0v) is 15.4. The maximum atomic E-state index is 12.4. The molecule has 27 heavy (non-hydrogen) atoms. The molecule has 0 aromatic carbocycles. The highest BCUT2D eigenvalue weighted by atomic mass is 16.2. The molecule has 1 aliphatic rings. The molecule has 10 heteroatoms. The molecule has 0 radical (unpaired) electrons. The maximum Gasteiger partial charge on any atom is 0.269 e. The van der Waals surface area contributed by atoms with Gasteiger partial charge in [-0.15, -0.1) is 0 Å². The lowest BCUT2D eigenvalue weighted by atomic mass is 10.3. The van der Waals surface area contributed by atoms with Crippen molar-refractivity contribution in [3.05, 3.63) is 23.8 Å². The van der Waals surface area contributed by atoms with Crippen LogP contribution in [0.25, 0.3) is 11.2 Å². The number of nitrogens with two attached hydrogens (primary N) is 1. The summed E-state index contributed by atoms with van der Waals surface area (Å²) in [5, 5.41) is 10.6. The van der Waals surface area contributed by atoms with Crippen LogP contribution in [0.2, 0.25) is 0 Å². The number of carbonyl (C=O) groups excluding carboxylic acids is 1. The van der Waals surface area contributed by atoms with Gasteiger partial charge >= 0.3 is 0 Å². The van der Waals surface area contributed by atoms with Crippen LogP contribution in [0.4, 0.5) is 11.8 Å². The second-order valence-corrected chi connectivity index (χ2v) is 6.70. The number of nitrogen functional groups attached to an aromatic ring is 1. The van der Waals surface area contributed by atoms with E-state index in [1.807, 2.05) is 18.4 Å². The van der Waals surface area contributed by atoms with Gasteiger partial charge in [0, 0.05) is 25.7 Å². The Balaban J connectivity index is 1.46. The van der Waals surface area contributed by atoms with Crippen molar-refractivity contribution in [2.75, 3.05) is 17.6 Å². The number of fused-ring (bicyclic) bond motifs is 1. The lowest BCUT2D eigenvalue weighted by Gasteiger charge is -2.09. The third-order valence-electron chi connectivity index (χ3n) is 4.47. The Morgan fingerprint density at radius 3 is 2.93 bits per heavy atom. The first kappa shape index (κ1) is 17.3. The Hall–Kier alpha value is -3.17. The van der Waals surface area contributed by atoms with E-state index >= 15 is 0 Å². The maximum absolute atomic E-state index is 12.4. The molecule has 0 unspecified atom stereocenters. The number of carbonyl (C=O) groups is 1. The summed E-state index contributed by atoms with van der Waals surface area (Å²) < 4.78 is 3.56. The molecule has 4 rings (SSSR count). The molecule has 4 N–H and O–H groups in total. The molecule has 1 aliphatic carbocycles. The largest absolute Gasteiger partial charge is 0.368 e. The number of aromatic nitrogens is 6. The second kappa shape index (κ2) is 6.86. The molecule has 1 saturated carbocycles. The summed E-state index contributed by atoms with van der Waals surface area (Å²) in [4.78, 5) is 25.4. The van der Waals surface area contributed by atoms with Crippen LogP contribution in [-0.4, -0.2) is 47.8 Å². The van der Waals surface area contributed by atoms with Crippen molar-refractivity contribution in [2.45, 2.75) is 45.8 Å². The highest BCUT2D eigenvalue weighted by Gasteiger charge is 2.24. The van der Waals surface area contributed by atoms with E-state index in [9.17, 15) is 4.79 Å². The zero-order chi connectivity index (χ0) is 19.0. The lowest BCUT2D eigenvalue weighted by Crippen LogP contribution is -2.29. The van der Waals surface area contributed by atoms with Crippen molar-refractivity contribution in [1.29, 1.82) is 0 Å². The lowest BCUT2D eigenvalue weighted by molar-refractivity contribution is 0.0941. The Kier molecular flexibility index (Phi) is 4.38. The van der Waals surface area contributed by atoms with E-state index in [-0.39, 0.29) is 11.9 Å². The van der Waals surface area contributed by atoms with E-state index in [1.165, 1.54) is 0 Å². The van der Waals surface area contributed by atoms with Crippen LogP contribution in [0.15, 0.2) is 12.4 Å². The Morgan fingerprint density at radius 1 is 1.37 bits per heavy atom. The molecule has 1 fully saturated rings. The summed E-state index contributed by atoms with van der Waals surface area (Å²) in [7, 11) is 0. The number of amides is 1. The van der Waals surface area contributed by atoms with Gasteiger partial charge in [-0.2, -0.15) is 15.1 Å². The molecule has 10 nitrogen and oxygen atoms in total. The quantitative estimate of drug-likeness (QED) is 0.565. The number of nitrogens with zero attached hydrogens (tertiary/aromatic N) is 6. The van der Waals surface area contributed by atoms with E-state index in [1.54, 1.807) is 17.1 Å². The van der Waals surface area contributed by atoms with Crippen LogP contribution in [-0.2, 0) is 13.1 Å². The highest BCUT2D eigenvalue weighted by molar-refractivity contribution is 5.92. The first-order valence-electron chi connectivity index (χ1n) is 9.12. The number of hydrogen-bond acceptors (Lipinski definition) is 7. The van der Waals surface area contributed by atoms with Gasteiger partial charge in [0.15, 0.2) is 17.0 Å². The van der Waals surface area contributed by atoms with Crippen molar-refractivity contribution in [3.63, 3.8) is 0 Å². The van der Waals surface area contributed by atoms with Gasteiger partial charge in [0.2, 0.25) is 5.95 Å². The normalized spacial score (nSPS) is 13.9. The molecule has 0 atom stereocenters. The minimum Gasteiger partial charge on any atom is -0.368 e. The molecule has 0 aliphatic heterocycles. The molecule has 3 heterocycles. The van der Waals surface area contributed by atoms with Gasteiger partial charge < -0.3 is 20.9 Å². The van der Waals surface area contributed by atoms with Crippen molar-refractivity contribution in [3.8, 4) is 0 Å². The number of hydrogen-bond donors (Lipinski definition) is 3. The molecular weight excluding hydrogens is 346 g/mol.